The number of carbonyl (C=O) groups excluding carboxylic acids is 1. The van der Waals surface area contributed by atoms with Gasteiger partial charge in [0.2, 0.25) is 10.0 Å². The Morgan fingerprint density at radius 1 is 1.16 bits per heavy atom. The minimum absolute atomic E-state index is 0.232. The number of amides is 1. The van der Waals surface area contributed by atoms with Gasteiger partial charge in [0.05, 0.1) is 16.8 Å². The molecule has 2 rings (SSSR count). The fourth-order valence-electron chi connectivity index (χ4n) is 2.04. The van der Waals surface area contributed by atoms with Crippen LogP contribution in [0.15, 0.2) is 47.4 Å². The number of hydrogen-bond acceptors (Lipinski definition) is 4. The van der Waals surface area contributed by atoms with E-state index in [0.29, 0.717) is 18.0 Å². The molecular weight excluding hydrogens is 380 g/mol. The lowest BCUT2D eigenvalue weighted by Gasteiger charge is -2.10. The van der Waals surface area contributed by atoms with Gasteiger partial charge in [-0.25, -0.2) is 8.42 Å². The van der Waals surface area contributed by atoms with Crippen molar-refractivity contribution in [3.05, 3.63) is 58.6 Å². The van der Waals surface area contributed by atoms with E-state index in [9.17, 15) is 13.2 Å². The minimum atomic E-state index is -3.42. The Labute approximate surface area is 157 Å². The number of nitrogens with one attached hydrogen (secondary N) is 2. The number of sulfonamides is 1. The predicted octanol–water partition coefficient (Wildman–Crippen LogP) is 3.54. The third kappa shape index (κ3) is 6.61. The van der Waals surface area contributed by atoms with E-state index in [-0.39, 0.29) is 16.5 Å². The van der Waals surface area contributed by atoms with Gasteiger partial charge in [-0.05, 0) is 37.3 Å². The number of thioether (sulfide) groups is 1. The molecule has 8 heteroatoms. The summed E-state index contributed by atoms with van der Waals surface area (Å²) in [6.07, 6.45) is 1.05. The second-order valence-corrected chi connectivity index (χ2v) is 8.81. The number of hydrogen-bond donors (Lipinski definition) is 2. The normalized spacial score (nSPS) is 11.2. The van der Waals surface area contributed by atoms with E-state index >= 15 is 0 Å². The average molecular weight is 399 g/mol. The van der Waals surface area contributed by atoms with Gasteiger partial charge in [0.25, 0.3) is 5.91 Å². The molecule has 0 saturated carbocycles. The minimum Gasteiger partial charge on any atom is -0.351 e. The number of benzene rings is 2. The van der Waals surface area contributed by atoms with Crippen LogP contribution in [0.3, 0.4) is 0 Å². The molecule has 0 fully saturated rings. The maximum Gasteiger partial charge on any atom is 0.252 e. The standard InChI is InChI=1S/C17H19ClN2O3S2/c1-12-3-6-14(7-4-12)24-10-9-19-17(21)15-11-13(5-8-16(15)18)20-25(2,22)23/h3-8,11,20H,9-10H2,1-2H3,(H,19,21). The molecule has 134 valence electrons. The van der Waals surface area contributed by atoms with Gasteiger partial charge in [-0.1, -0.05) is 29.3 Å². The summed E-state index contributed by atoms with van der Waals surface area (Å²) in [6, 6.07) is 12.6. The van der Waals surface area contributed by atoms with Gasteiger partial charge in [0, 0.05) is 22.9 Å². The Balaban J connectivity index is 1.91. The fourth-order valence-corrected chi connectivity index (χ4v) is 3.57. The lowest BCUT2D eigenvalue weighted by atomic mass is 10.2. The highest BCUT2D eigenvalue weighted by Gasteiger charge is 2.12. The summed E-state index contributed by atoms with van der Waals surface area (Å²) >= 11 is 7.68. The monoisotopic (exact) mass is 398 g/mol. The van der Waals surface area contributed by atoms with Gasteiger partial charge in [-0.3, -0.25) is 9.52 Å². The summed E-state index contributed by atoms with van der Waals surface area (Å²) in [6.45, 7) is 2.50. The molecule has 2 N–H and O–H groups in total. The summed E-state index contributed by atoms with van der Waals surface area (Å²) in [4.78, 5) is 13.4. The summed E-state index contributed by atoms with van der Waals surface area (Å²) in [7, 11) is -3.42. The van der Waals surface area contributed by atoms with Gasteiger partial charge in [0.1, 0.15) is 0 Å². The molecule has 0 unspecified atom stereocenters. The van der Waals surface area contributed by atoms with E-state index in [1.54, 1.807) is 11.8 Å². The van der Waals surface area contributed by atoms with Crippen LogP contribution in [0.2, 0.25) is 5.02 Å². The highest BCUT2D eigenvalue weighted by atomic mass is 35.5. The Morgan fingerprint density at radius 3 is 2.48 bits per heavy atom. The van der Waals surface area contributed by atoms with Crippen molar-refractivity contribution in [1.82, 2.24) is 5.32 Å². The first-order chi connectivity index (χ1) is 11.7. The smallest absolute Gasteiger partial charge is 0.252 e. The Hall–Kier alpha value is -1.70. The molecule has 0 aromatic heterocycles. The zero-order valence-corrected chi connectivity index (χ0v) is 16.3. The van der Waals surface area contributed by atoms with Gasteiger partial charge < -0.3 is 5.32 Å². The Morgan fingerprint density at radius 2 is 1.84 bits per heavy atom. The van der Waals surface area contributed by atoms with Crippen LogP contribution in [0.25, 0.3) is 0 Å². The molecule has 0 aliphatic rings. The first-order valence-corrected chi connectivity index (χ1v) is 10.7. The van der Waals surface area contributed by atoms with Crippen LogP contribution in [0.4, 0.5) is 5.69 Å². The molecule has 0 atom stereocenters. The molecule has 1 amide bonds. The molecular formula is C17H19ClN2O3S2. The molecule has 0 aliphatic heterocycles. The summed E-state index contributed by atoms with van der Waals surface area (Å²) in [5.41, 5.74) is 1.73. The maximum atomic E-state index is 12.3. The van der Waals surface area contributed by atoms with Gasteiger partial charge >= 0.3 is 0 Å². The molecule has 0 saturated heterocycles. The lowest BCUT2D eigenvalue weighted by molar-refractivity contribution is 0.0956. The van der Waals surface area contributed by atoms with Crippen molar-refractivity contribution >= 4 is 45.0 Å². The van der Waals surface area contributed by atoms with Crippen LogP contribution >= 0.6 is 23.4 Å². The van der Waals surface area contributed by atoms with E-state index in [2.05, 4.69) is 10.0 Å². The van der Waals surface area contributed by atoms with Crippen molar-refractivity contribution in [1.29, 1.82) is 0 Å². The molecule has 2 aromatic rings. The zero-order chi connectivity index (χ0) is 18.4. The van der Waals surface area contributed by atoms with Crippen LogP contribution in [0.5, 0.6) is 0 Å². The van der Waals surface area contributed by atoms with Gasteiger partial charge in [-0.15, -0.1) is 11.8 Å². The van der Waals surface area contributed by atoms with E-state index in [4.69, 9.17) is 11.6 Å². The Bertz CT molecular complexity index is 853. The van der Waals surface area contributed by atoms with Crippen molar-refractivity contribution in [2.75, 3.05) is 23.3 Å². The highest BCUT2D eigenvalue weighted by molar-refractivity contribution is 7.99. The lowest BCUT2D eigenvalue weighted by Crippen LogP contribution is -2.26. The molecule has 25 heavy (non-hydrogen) atoms. The molecule has 5 nitrogen and oxygen atoms in total. The van der Waals surface area contributed by atoms with Crippen LogP contribution in [0, 0.1) is 6.92 Å². The van der Waals surface area contributed by atoms with Crippen molar-refractivity contribution in [2.45, 2.75) is 11.8 Å². The summed E-state index contributed by atoms with van der Waals surface area (Å²) in [5, 5.41) is 3.06. The van der Waals surface area contributed by atoms with Crippen LogP contribution in [-0.4, -0.2) is 32.9 Å². The second-order valence-electron chi connectivity index (χ2n) is 5.49. The fraction of sp³-hybridized carbons (Fsp3) is 0.235. The average Bonchev–Trinajstić information content (AvgIpc) is 2.53. The zero-order valence-electron chi connectivity index (χ0n) is 13.9. The van der Waals surface area contributed by atoms with Crippen LogP contribution in [0.1, 0.15) is 15.9 Å². The first kappa shape index (κ1) is 19.6. The van der Waals surface area contributed by atoms with Crippen molar-refractivity contribution in [3.63, 3.8) is 0 Å². The summed E-state index contributed by atoms with van der Waals surface area (Å²) in [5.74, 6) is 0.375. The number of rotatable bonds is 7. The van der Waals surface area contributed by atoms with E-state index in [0.717, 1.165) is 11.2 Å². The Kier molecular flexibility index (Phi) is 6.75. The van der Waals surface area contributed by atoms with Crippen LogP contribution < -0.4 is 10.0 Å². The number of halogens is 1. The predicted molar refractivity (Wildman–Crippen MR) is 104 cm³/mol. The van der Waals surface area contributed by atoms with Gasteiger partial charge in [-0.2, -0.15) is 0 Å². The van der Waals surface area contributed by atoms with Gasteiger partial charge in [0.15, 0.2) is 0 Å². The SMILES string of the molecule is Cc1ccc(SCCNC(=O)c2cc(NS(C)(=O)=O)ccc2Cl)cc1. The molecule has 0 spiro atoms. The topological polar surface area (TPSA) is 75.3 Å². The quantitative estimate of drug-likeness (QED) is 0.552. The van der Waals surface area contributed by atoms with E-state index < -0.39 is 10.0 Å². The summed E-state index contributed by atoms with van der Waals surface area (Å²) < 4.78 is 24.9. The first-order valence-electron chi connectivity index (χ1n) is 7.49. The van der Waals surface area contributed by atoms with E-state index in [1.807, 2.05) is 31.2 Å². The van der Waals surface area contributed by atoms with Crippen LogP contribution in [-0.2, 0) is 10.0 Å². The molecule has 0 heterocycles. The van der Waals surface area contributed by atoms with Crippen molar-refractivity contribution < 1.29 is 13.2 Å². The third-order valence-electron chi connectivity index (χ3n) is 3.19. The second kappa shape index (κ2) is 8.60. The van der Waals surface area contributed by atoms with Crippen molar-refractivity contribution in [3.8, 4) is 0 Å². The van der Waals surface area contributed by atoms with Crippen molar-refractivity contribution in [2.24, 2.45) is 0 Å². The number of anilines is 1. The molecule has 0 aliphatic carbocycles. The maximum absolute atomic E-state index is 12.3. The molecule has 0 bridgehead atoms. The van der Waals surface area contributed by atoms with E-state index in [1.165, 1.54) is 23.8 Å². The largest absolute Gasteiger partial charge is 0.351 e. The number of carbonyl (C=O) groups is 1. The number of aryl methyl sites for hydroxylation is 1. The molecule has 2 aromatic carbocycles. The molecule has 0 radical (unpaired) electrons. The highest BCUT2D eigenvalue weighted by Crippen LogP contribution is 2.21. The third-order valence-corrected chi connectivity index (χ3v) is 5.14.